The van der Waals surface area contributed by atoms with Gasteiger partial charge in [-0.2, -0.15) is 5.10 Å². The van der Waals surface area contributed by atoms with Crippen LogP contribution in [0.2, 0.25) is 0 Å². The second-order valence-corrected chi connectivity index (χ2v) is 7.85. The maximum absolute atomic E-state index is 14.7. The maximum atomic E-state index is 14.7. The molecule has 4 aromatic rings. The van der Waals surface area contributed by atoms with Gasteiger partial charge in [0, 0.05) is 17.9 Å². The minimum atomic E-state index is -0.476. The number of rotatable bonds is 5. The van der Waals surface area contributed by atoms with E-state index < -0.39 is 17.5 Å². The summed E-state index contributed by atoms with van der Waals surface area (Å²) in [6.07, 6.45) is 3.43. The maximum Gasteiger partial charge on any atom is 0.259 e. The number of fused-ring (bicyclic) bond motifs is 1. The lowest BCUT2D eigenvalue weighted by Crippen LogP contribution is -2.19. The van der Waals surface area contributed by atoms with Gasteiger partial charge in [0.1, 0.15) is 17.5 Å². The van der Waals surface area contributed by atoms with Crippen LogP contribution in [-0.4, -0.2) is 45.0 Å². The molecule has 4 heterocycles. The molecular weight excluding hydrogens is 430 g/mol. The van der Waals surface area contributed by atoms with Crippen molar-refractivity contribution in [2.24, 2.45) is 0 Å². The van der Waals surface area contributed by atoms with E-state index in [1.165, 1.54) is 41.2 Å². The normalized spacial score (nSPS) is 15.7. The lowest BCUT2D eigenvalue weighted by atomic mass is 10.1. The van der Waals surface area contributed by atoms with Gasteiger partial charge in [-0.3, -0.25) is 4.79 Å². The van der Waals surface area contributed by atoms with Crippen LogP contribution in [0.15, 0.2) is 48.8 Å². The first-order valence-electron chi connectivity index (χ1n) is 10.4. The lowest BCUT2D eigenvalue weighted by Gasteiger charge is -2.13. The second-order valence-electron chi connectivity index (χ2n) is 7.85. The fourth-order valence-corrected chi connectivity index (χ4v) is 3.74. The van der Waals surface area contributed by atoms with E-state index in [1.54, 1.807) is 19.1 Å². The Balaban J connectivity index is 1.39. The Bertz CT molecular complexity index is 1330. The van der Waals surface area contributed by atoms with Crippen LogP contribution in [0.4, 0.5) is 20.3 Å². The number of hydrogen-bond donors (Lipinski definition) is 2. The molecule has 1 aromatic carbocycles. The van der Waals surface area contributed by atoms with E-state index in [-0.39, 0.29) is 17.2 Å². The average Bonchev–Trinajstić information content (AvgIpc) is 3.46. The fraction of sp³-hybridized carbons (Fsp3) is 0.217. The molecule has 168 valence electrons. The van der Waals surface area contributed by atoms with Gasteiger partial charge in [-0.1, -0.05) is 0 Å². The first-order chi connectivity index (χ1) is 16.0. The minimum absolute atomic E-state index is 0.180. The van der Waals surface area contributed by atoms with Crippen molar-refractivity contribution in [3.63, 3.8) is 0 Å². The summed E-state index contributed by atoms with van der Waals surface area (Å²) < 4.78 is 34.8. The Hall–Kier alpha value is -3.92. The number of hydrogen-bond acceptors (Lipinski definition) is 6. The average molecular weight is 450 g/mol. The Labute approximate surface area is 187 Å². The highest BCUT2D eigenvalue weighted by molar-refractivity contribution is 6.09. The van der Waals surface area contributed by atoms with Gasteiger partial charge in [0.25, 0.3) is 5.91 Å². The molecule has 0 bridgehead atoms. The highest BCUT2D eigenvalue weighted by Crippen LogP contribution is 2.28. The van der Waals surface area contributed by atoms with Gasteiger partial charge in [-0.25, -0.2) is 13.3 Å². The summed E-state index contributed by atoms with van der Waals surface area (Å²) in [6.45, 7) is 3.01. The van der Waals surface area contributed by atoms with Crippen LogP contribution in [0.1, 0.15) is 22.3 Å². The minimum Gasteiger partial charge on any atom is -0.379 e. The van der Waals surface area contributed by atoms with E-state index in [1.807, 2.05) is 0 Å². The van der Waals surface area contributed by atoms with E-state index in [9.17, 15) is 13.6 Å². The number of nitrogens with one attached hydrogen (secondary N) is 2. The lowest BCUT2D eigenvalue weighted by molar-refractivity contribution is 0.102. The number of aryl methyl sites for hydroxylation is 1. The Morgan fingerprint density at radius 2 is 2.06 bits per heavy atom. The molecule has 1 fully saturated rings. The van der Waals surface area contributed by atoms with Gasteiger partial charge in [0.05, 0.1) is 41.8 Å². The summed E-state index contributed by atoms with van der Waals surface area (Å²) in [6, 6.07) is 9.17. The Morgan fingerprint density at radius 3 is 2.82 bits per heavy atom. The number of nitrogens with zero attached hydrogens (tertiary/aromatic N) is 4. The first-order valence-corrected chi connectivity index (χ1v) is 10.4. The number of benzene rings is 1. The van der Waals surface area contributed by atoms with Crippen LogP contribution in [-0.2, 0) is 4.74 Å². The third-order valence-electron chi connectivity index (χ3n) is 5.51. The number of ether oxygens (including phenoxy) is 1. The molecule has 1 aliphatic rings. The smallest absolute Gasteiger partial charge is 0.259 e. The number of carbonyl (C=O) groups excluding carboxylic acids is 1. The number of halogens is 2. The number of carbonyl (C=O) groups is 1. The molecule has 0 radical (unpaired) electrons. The summed E-state index contributed by atoms with van der Waals surface area (Å²) in [4.78, 5) is 12.9. The van der Waals surface area contributed by atoms with Crippen LogP contribution < -0.4 is 10.6 Å². The fourth-order valence-electron chi connectivity index (χ4n) is 3.74. The summed E-state index contributed by atoms with van der Waals surface area (Å²) in [7, 11) is 0. The molecule has 1 atom stereocenters. The Kier molecular flexibility index (Phi) is 5.43. The molecule has 10 heteroatoms. The zero-order valence-corrected chi connectivity index (χ0v) is 17.7. The molecule has 0 spiro atoms. The van der Waals surface area contributed by atoms with Crippen LogP contribution in [0.5, 0.6) is 0 Å². The predicted molar refractivity (Wildman–Crippen MR) is 118 cm³/mol. The summed E-state index contributed by atoms with van der Waals surface area (Å²) in [5.41, 5.74) is 2.23. The second kappa shape index (κ2) is 8.55. The van der Waals surface area contributed by atoms with Crippen molar-refractivity contribution in [1.82, 2.24) is 19.8 Å². The highest BCUT2D eigenvalue weighted by atomic mass is 19.1. The van der Waals surface area contributed by atoms with E-state index in [0.29, 0.717) is 41.5 Å². The first kappa shape index (κ1) is 21.0. The summed E-state index contributed by atoms with van der Waals surface area (Å²) in [5, 5.41) is 18.3. The van der Waals surface area contributed by atoms with Gasteiger partial charge in [-0.05, 0) is 55.3 Å². The van der Waals surface area contributed by atoms with E-state index in [2.05, 4.69) is 25.9 Å². The van der Waals surface area contributed by atoms with Crippen molar-refractivity contribution in [1.29, 1.82) is 0 Å². The van der Waals surface area contributed by atoms with Crippen LogP contribution in [0.3, 0.4) is 0 Å². The third kappa shape index (κ3) is 4.24. The van der Waals surface area contributed by atoms with Gasteiger partial charge in [0.15, 0.2) is 0 Å². The van der Waals surface area contributed by atoms with Crippen molar-refractivity contribution < 1.29 is 18.3 Å². The molecule has 1 amide bonds. The SMILES string of the molecule is Cc1cc(F)c(-c2ccc(N[C@H]3CCOC3)nn2)cc1NC(=O)c1cnn2cc(F)ccc12. The summed E-state index contributed by atoms with van der Waals surface area (Å²) in [5.74, 6) is -0.798. The number of aromatic nitrogens is 4. The van der Waals surface area contributed by atoms with Crippen molar-refractivity contribution in [2.75, 3.05) is 23.8 Å². The number of anilines is 2. The van der Waals surface area contributed by atoms with Crippen molar-refractivity contribution in [2.45, 2.75) is 19.4 Å². The summed E-state index contributed by atoms with van der Waals surface area (Å²) >= 11 is 0. The topological polar surface area (TPSA) is 93.4 Å². The molecule has 0 aliphatic carbocycles. The standard InChI is InChI=1S/C23H20F2N6O2/c1-13-8-18(25)16(19-3-5-22(30-29-19)27-15-6-7-33-12-15)9-20(13)28-23(32)17-10-26-31-11-14(24)2-4-21(17)31/h2-5,8-11,15H,6-7,12H2,1H3,(H,27,30)(H,28,32)/t15-/m0/s1. The highest BCUT2D eigenvalue weighted by Gasteiger charge is 2.18. The molecule has 3 aromatic heterocycles. The van der Waals surface area contributed by atoms with Crippen molar-refractivity contribution in [3.05, 3.63) is 71.6 Å². The Morgan fingerprint density at radius 1 is 1.18 bits per heavy atom. The van der Waals surface area contributed by atoms with Crippen LogP contribution >= 0.6 is 0 Å². The van der Waals surface area contributed by atoms with Gasteiger partial charge < -0.3 is 15.4 Å². The third-order valence-corrected chi connectivity index (χ3v) is 5.51. The molecular formula is C23H20F2N6O2. The van der Waals surface area contributed by atoms with E-state index >= 15 is 0 Å². The largest absolute Gasteiger partial charge is 0.379 e. The van der Waals surface area contributed by atoms with Crippen molar-refractivity contribution in [3.8, 4) is 11.3 Å². The van der Waals surface area contributed by atoms with Crippen molar-refractivity contribution >= 4 is 22.9 Å². The molecule has 2 N–H and O–H groups in total. The van der Waals surface area contributed by atoms with Crippen LogP contribution in [0, 0.1) is 18.6 Å². The molecule has 8 nitrogen and oxygen atoms in total. The number of pyridine rings is 1. The molecule has 5 rings (SSSR count). The van der Waals surface area contributed by atoms with Crippen LogP contribution in [0.25, 0.3) is 16.8 Å². The monoisotopic (exact) mass is 450 g/mol. The zero-order chi connectivity index (χ0) is 22.9. The van der Waals surface area contributed by atoms with Gasteiger partial charge in [0.2, 0.25) is 0 Å². The predicted octanol–water partition coefficient (Wildman–Crippen LogP) is 3.83. The van der Waals surface area contributed by atoms with Gasteiger partial charge in [-0.15, -0.1) is 10.2 Å². The molecule has 1 saturated heterocycles. The molecule has 0 unspecified atom stereocenters. The van der Waals surface area contributed by atoms with E-state index in [0.717, 1.165) is 6.42 Å². The molecule has 0 saturated carbocycles. The zero-order valence-electron chi connectivity index (χ0n) is 17.7. The molecule has 1 aliphatic heterocycles. The molecule has 33 heavy (non-hydrogen) atoms. The van der Waals surface area contributed by atoms with E-state index in [4.69, 9.17) is 4.74 Å². The number of amides is 1. The quantitative estimate of drug-likeness (QED) is 0.480. The van der Waals surface area contributed by atoms with Gasteiger partial charge >= 0.3 is 0 Å².